The van der Waals surface area contributed by atoms with E-state index in [1.54, 1.807) is 0 Å². The summed E-state index contributed by atoms with van der Waals surface area (Å²) in [5.74, 6) is 0. The highest BCUT2D eigenvalue weighted by molar-refractivity contribution is 7.85. The monoisotopic (exact) mass is 290 g/mol. The van der Waals surface area contributed by atoms with Gasteiger partial charge in [-0.2, -0.15) is 0 Å². The third kappa shape index (κ3) is 2.49. The molecule has 20 heavy (non-hydrogen) atoms. The van der Waals surface area contributed by atoms with E-state index in [-0.39, 0.29) is 10.9 Å². The number of ether oxygens (including phenoxy) is 1. The Morgan fingerprint density at radius 2 is 2.10 bits per heavy atom. The number of benzene rings is 1. The van der Waals surface area contributed by atoms with E-state index < -0.39 is 10.8 Å². The van der Waals surface area contributed by atoms with Crippen LogP contribution in [0, 0.1) is 0 Å². The second-order valence-corrected chi connectivity index (χ2v) is 7.60. The van der Waals surface area contributed by atoms with Gasteiger partial charge in [0, 0.05) is 10.1 Å². The van der Waals surface area contributed by atoms with Gasteiger partial charge in [0.15, 0.2) is 0 Å². The predicted octanol–water partition coefficient (Wildman–Crippen LogP) is 3.84. The molecule has 3 heteroatoms. The summed E-state index contributed by atoms with van der Waals surface area (Å²) < 4.78 is 18.6. The van der Waals surface area contributed by atoms with Gasteiger partial charge in [0.1, 0.15) is 5.60 Å². The predicted molar refractivity (Wildman–Crippen MR) is 82.1 cm³/mol. The summed E-state index contributed by atoms with van der Waals surface area (Å²) in [6, 6.07) is 9.86. The third-order valence-corrected chi connectivity index (χ3v) is 6.25. The first-order valence-electron chi connectivity index (χ1n) is 7.48. The van der Waals surface area contributed by atoms with Crippen LogP contribution in [0.15, 0.2) is 46.9 Å². The number of hydrogen-bond donors (Lipinski definition) is 0. The van der Waals surface area contributed by atoms with Crippen molar-refractivity contribution in [2.45, 2.75) is 61.4 Å². The van der Waals surface area contributed by atoms with E-state index in [2.05, 4.69) is 19.9 Å². The molecule has 0 radical (unpaired) electrons. The van der Waals surface area contributed by atoms with Crippen LogP contribution in [0.1, 0.15) is 39.5 Å². The molecule has 4 atom stereocenters. The van der Waals surface area contributed by atoms with Crippen molar-refractivity contribution in [3.63, 3.8) is 0 Å². The minimum absolute atomic E-state index is 0.0638. The van der Waals surface area contributed by atoms with Crippen LogP contribution in [0.2, 0.25) is 0 Å². The number of fused-ring (bicyclic) bond motifs is 1. The smallest absolute Gasteiger partial charge is 0.113 e. The molecule has 1 aromatic carbocycles. The van der Waals surface area contributed by atoms with E-state index in [9.17, 15) is 4.21 Å². The Morgan fingerprint density at radius 3 is 2.80 bits per heavy atom. The summed E-state index contributed by atoms with van der Waals surface area (Å²) in [6.45, 7) is 4.34. The lowest BCUT2D eigenvalue weighted by atomic mass is 9.95. The number of epoxide rings is 1. The maximum atomic E-state index is 12.8. The minimum Gasteiger partial charge on any atom is -0.362 e. The van der Waals surface area contributed by atoms with Crippen molar-refractivity contribution in [3.8, 4) is 0 Å². The summed E-state index contributed by atoms with van der Waals surface area (Å²) in [4.78, 5) is 0.954. The zero-order valence-corrected chi connectivity index (χ0v) is 13.0. The first-order chi connectivity index (χ1) is 9.65. The maximum Gasteiger partial charge on any atom is 0.113 e. The topological polar surface area (TPSA) is 29.6 Å². The minimum atomic E-state index is -0.914. The van der Waals surface area contributed by atoms with Crippen LogP contribution in [-0.2, 0) is 15.5 Å². The molecule has 0 spiro atoms. The average molecular weight is 290 g/mol. The standard InChI is InChI=1S/C17H22O2S/c1-3-7-13-12-15(10-11-16-17(13,2)19-16)20(18)14-8-5-4-6-9-14/h4-9,15-16H,3,10-12H2,1-2H3/b13-7+/t15-,16-,17+,20?/m1/s1. The van der Waals surface area contributed by atoms with Crippen molar-refractivity contribution >= 4 is 10.8 Å². The largest absolute Gasteiger partial charge is 0.362 e. The maximum absolute atomic E-state index is 12.8. The van der Waals surface area contributed by atoms with Crippen LogP contribution in [0.4, 0.5) is 0 Å². The van der Waals surface area contributed by atoms with E-state index in [1.807, 2.05) is 30.3 Å². The third-order valence-electron chi connectivity index (χ3n) is 4.51. The SMILES string of the molecule is CC/C=C1\C[C@H](S(=O)c2ccccc2)CC[C@H]2O[C@@]12C. The molecular weight excluding hydrogens is 268 g/mol. The lowest BCUT2D eigenvalue weighted by Crippen LogP contribution is -2.19. The second kappa shape index (κ2) is 5.45. The fraction of sp³-hybridized carbons (Fsp3) is 0.529. The molecule has 2 aliphatic rings. The summed E-state index contributed by atoms with van der Waals surface area (Å²) in [6.07, 6.45) is 6.57. The Hall–Kier alpha value is -0.930. The van der Waals surface area contributed by atoms with Crippen molar-refractivity contribution in [2.24, 2.45) is 0 Å². The molecule has 1 unspecified atom stereocenters. The van der Waals surface area contributed by atoms with E-state index in [0.29, 0.717) is 6.10 Å². The van der Waals surface area contributed by atoms with Gasteiger partial charge in [-0.15, -0.1) is 0 Å². The molecule has 1 aliphatic heterocycles. The quantitative estimate of drug-likeness (QED) is 0.625. The fourth-order valence-electron chi connectivity index (χ4n) is 3.23. The Bertz CT molecular complexity index is 537. The molecule has 3 rings (SSSR count). The van der Waals surface area contributed by atoms with Crippen LogP contribution in [0.25, 0.3) is 0 Å². The van der Waals surface area contributed by atoms with E-state index in [1.165, 1.54) is 5.57 Å². The highest BCUT2D eigenvalue weighted by Crippen LogP contribution is 2.50. The van der Waals surface area contributed by atoms with Gasteiger partial charge in [-0.05, 0) is 50.3 Å². The van der Waals surface area contributed by atoms with Gasteiger partial charge in [0.2, 0.25) is 0 Å². The molecule has 1 aromatic rings. The van der Waals surface area contributed by atoms with Gasteiger partial charge in [-0.1, -0.05) is 31.2 Å². The molecule has 0 amide bonds. The molecular formula is C17H22O2S. The number of allylic oxidation sites excluding steroid dienone is 1. The summed E-state index contributed by atoms with van der Waals surface area (Å²) in [5, 5.41) is 0.225. The molecule has 0 N–H and O–H groups in total. The van der Waals surface area contributed by atoms with Crippen LogP contribution < -0.4 is 0 Å². The van der Waals surface area contributed by atoms with Crippen LogP contribution in [0.3, 0.4) is 0 Å². The fourth-order valence-corrected chi connectivity index (χ4v) is 4.72. The first-order valence-corrected chi connectivity index (χ1v) is 8.69. The van der Waals surface area contributed by atoms with E-state index in [4.69, 9.17) is 4.74 Å². The molecule has 2 fully saturated rings. The normalized spacial score (nSPS) is 36.2. The lowest BCUT2D eigenvalue weighted by molar-refractivity contribution is 0.315. The van der Waals surface area contributed by atoms with E-state index >= 15 is 0 Å². The van der Waals surface area contributed by atoms with Crippen molar-refractivity contribution in [1.29, 1.82) is 0 Å². The van der Waals surface area contributed by atoms with Gasteiger partial charge < -0.3 is 4.74 Å². The first kappa shape index (κ1) is 14.0. The van der Waals surface area contributed by atoms with Gasteiger partial charge in [-0.25, -0.2) is 0 Å². The summed E-state index contributed by atoms with van der Waals surface area (Å²) >= 11 is 0. The molecule has 0 aromatic heterocycles. The van der Waals surface area contributed by atoms with Crippen molar-refractivity contribution in [3.05, 3.63) is 42.0 Å². The Morgan fingerprint density at radius 1 is 1.35 bits per heavy atom. The molecule has 108 valence electrons. The van der Waals surface area contributed by atoms with Gasteiger partial charge >= 0.3 is 0 Å². The highest BCUT2D eigenvalue weighted by atomic mass is 32.2. The van der Waals surface area contributed by atoms with Crippen LogP contribution >= 0.6 is 0 Å². The van der Waals surface area contributed by atoms with Gasteiger partial charge in [0.05, 0.1) is 16.9 Å². The Labute approximate surface area is 123 Å². The Kier molecular flexibility index (Phi) is 3.83. The summed E-state index contributed by atoms with van der Waals surface area (Å²) in [7, 11) is -0.914. The zero-order chi connectivity index (χ0) is 14.2. The molecule has 1 aliphatic carbocycles. The second-order valence-electron chi connectivity index (χ2n) is 5.87. The average Bonchev–Trinajstić information content (AvgIpc) is 3.15. The van der Waals surface area contributed by atoms with Crippen LogP contribution in [0.5, 0.6) is 0 Å². The van der Waals surface area contributed by atoms with E-state index in [0.717, 1.165) is 30.6 Å². The van der Waals surface area contributed by atoms with Gasteiger partial charge in [0.25, 0.3) is 0 Å². The van der Waals surface area contributed by atoms with Crippen molar-refractivity contribution in [1.82, 2.24) is 0 Å². The number of hydrogen-bond acceptors (Lipinski definition) is 2. The van der Waals surface area contributed by atoms with Crippen molar-refractivity contribution in [2.75, 3.05) is 0 Å². The highest BCUT2D eigenvalue weighted by Gasteiger charge is 2.56. The zero-order valence-electron chi connectivity index (χ0n) is 12.2. The Balaban J connectivity index is 1.82. The lowest BCUT2D eigenvalue weighted by Gasteiger charge is -2.18. The molecule has 0 bridgehead atoms. The van der Waals surface area contributed by atoms with Gasteiger partial charge in [-0.3, -0.25) is 4.21 Å². The molecule has 1 heterocycles. The molecule has 1 saturated heterocycles. The molecule has 1 saturated carbocycles. The van der Waals surface area contributed by atoms with Crippen molar-refractivity contribution < 1.29 is 8.95 Å². The molecule has 2 nitrogen and oxygen atoms in total. The van der Waals surface area contributed by atoms with Crippen LogP contribution in [-0.4, -0.2) is 21.2 Å². The summed E-state index contributed by atoms with van der Waals surface area (Å²) in [5.41, 5.74) is 1.29. The number of rotatable bonds is 3.